The Morgan fingerprint density at radius 1 is 1.00 bits per heavy atom. The molecule has 0 atom stereocenters. The van der Waals surface area contributed by atoms with Gasteiger partial charge in [0.15, 0.2) is 0 Å². The van der Waals surface area contributed by atoms with Gasteiger partial charge in [-0.05, 0) is 24.4 Å². The minimum Gasteiger partial charge on any atom is -0.286 e. The van der Waals surface area contributed by atoms with E-state index in [1.54, 1.807) is 22.0 Å². The maximum Gasteiger partial charge on any atom is 0.215 e. The lowest BCUT2D eigenvalue weighted by molar-refractivity contribution is 0.754. The number of rotatable bonds is 0. The Hall–Kier alpha value is -1.28. The van der Waals surface area contributed by atoms with E-state index in [2.05, 4.69) is 20.2 Å². The number of aromatic amines is 2. The fourth-order valence-corrected chi connectivity index (χ4v) is 0.836. The van der Waals surface area contributed by atoms with Gasteiger partial charge in [-0.1, -0.05) is 0 Å². The quantitative estimate of drug-likeness (QED) is 0.661. The Morgan fingerprint density at radius 3 is 1.43 bits per heavy atom. The zero-order valence-electron chi connectivity index (χ0n) is 7.76. The summed E-state index contributed by atoms with van der Waals surface area (Å²) in [6.45, 7) is 0. The van der Waals surface area contributed by atoms with E-state index in [-0.39, 0.29) is 0 Å². The van der Waals surface area contributed by atoms with Crippen molar-refractivity contribution in [3.63, 3.8) is 0 Å². The second kappa shape index (κ2) is 4.82. The maximum atomic E-state index is 4.71. The summed E-state index contributed by atoms with van der Waals surface area (Å²) in [6, 6.07) is 0. The first kappa shape index (κ1) is 10.8. The normalized spacial score (nSPS) is 9.29. The van der Waals surface area contributed by atoms with Crippen LogP contribution in [0.15, 0.2) is 12.7 Å². The summed E-state index contributed by atoms with van der Waals surface area (Å²) in [5, 5.41) is 5.54. The van der Waals surface area contributed by atoms with Crippen molar-refractivity contribution in [2.24, 2.45) is 14.1 Å². The molecule has 14 heavy (non-hydrogen) atoms. The molecule has 2 rings (SSSR count). The van der Waals surface area contributed by atoms with E-state index in [0.29, 0.717) is 9.54 Å². The highest BCUT2D eigenvalue weighted by molar-refractivity contribution is 7.71. The first-order valence-electron chi connectivity index (χ1n) is 3.74. The van der Waals surface area contributed by atoms with Crippen molar-refractivity contribution >= 4 is 24.4 Å². The number of H-pyrrole nitrogens is 2. The molecule has 2 aromatic heterocycles. The second-order valence-electron chi connectivity index (χ2n) is 2.46. The Morgan fingerprint density at radius 2 is 1.36 bits per heavy atom. The molecule has 0 amide bonds. The average molecular weight is 230 g/mol. The lowest BCUT2D eigenvalue weighted by Crippen LogP contribution is -1.87. The predicted molar refractivity (Wildman–Crippen MR) is 56.8 cm³/mol. The Labute approximate surface area is 90.6 Å². The highest BCUT2D eigenvalue weighted by Crippen LogP contribution is 1.76. The molecule has 0 bridgehead atoms. The van der Waals surface area contributed by atoms with Gasteiger partial charge in [-0.15, -0.1) is 0 Å². The molecule has 0 saturated carbocycles. The number of hydrogen-bond acceptors (Lipinski definition) is 4. The van der Waals surface area contributed by atoms with Crippen molar-refractivity contribution in [3.8, 4) is 0 Å². The second-order valence-corrected chi connectivity index (χ2v) is 3.19. The fourth-order valence-electron chi connectivity index (χ4n) is 0.625. The summed E-state index contributed by atoms with van der Waals surface area (Å²) < 4.78 is 4.49. The Bertz CT molecular complexity index is 442. The number of aromatic nitrogens is 6. The van der Waals surface area contributed by atoms with E-state index < -0.39 is 0 Å². The van der Waals surface area contributed by atoms with Crippen molar-refractivity contribution in [2.75, 3.05) is 0 Å². The first-order valence-corrected chi connectivity index (χ1v) is 4.55. The number of hydrogen-bond donors (Lipinski definition) is 2. The van der Waals surface area contributed by atoms with Gasteiger partial charge in [-0.25, -0.2) is 9.97 Å². The van der Waals surface area contributed by atoms with Gasteiger partial charge in [0, 0.05) is 14.1 Å². The number of nitrogens with zero attached hydrogens (tertiary/aromatic N) is 4. The molecule has 0 aliphatic carbocycles. The van der Waals surface area contributed by atoms with E-state index in [0.717, 1.165) is 0 Å². The standard InChI is InChI=1S/2C3H5N3S/c2*1-6-3(7)4-2-5-6/h2*2H,1H3,(H,4,5,7). The van der Waals surface area contributed by atoms with Crippen LogP contribution in [0.3, 0.4) is 0 Å². The van der Waals surface area contributed by atoms with Crippen LogP contribution in [0.5, 0.6) is 0 Å². The SMILES string of the molecule is Cn1[nH]cnc1=S.Cn1[nH]cnc1=S. The van der Waals surface area contributed by atoms with Crippen LogP contribution >= 0.6 is 24.4 Å². The van der Waals surface area contributed by atoms with Crippen LogP contribution in [0, 0.1) is 9.54 Å². The van der Waals surface area contributed by atoms with E-state index in [1.165, 1.54) is 0 Å². The third-order valence-electron chi connectivity index (χ3n) is 1.43. The third-order valence-corrected chi connectivity index (χ3v) is 2.19. The van der Waals surface area contributed by atoms with Gasteiger partial charge in [-0.3, -0.25) is 19.6 Å². The van der Waals surface area contributed by atoms with Crippen molar-refractivity contribution in [3.05, 3.63) is 22.2 Å². The smallest absolute Gasteiger partial charge is 0.215 e. The molecule has 0 aliphatic rings. The highest BCUT2D eigenvalue weighted by atomic mass is 32.1. The minimum atomic E-state index is 0.583. The predicted octanol–water partition coefficient (Wildman–Crippen LogP) is 0.955. The van der Waals surface area contributed by atoms with Gasteiger partial charge in [0.05, 0.1) is 0 Å². The summed E-state index contributed by atoms with van der Waals surface area (Å²) in [5.41, 5.74) is 0. The molecule has 0 spiro atoms. The molecule has 76 valence electrons. The first-order chi connectivity index (χ1) is 6.61. The van der Waals surface area contributed by atoms with Crippen molar-refractivity contribution in [2.45, 2.75) is 0 Å². The van der Waals surface area contributed by atoms with Crippen molar-refractivity contribution < 1.29 is 0 Å². The maximum absolute atomic E-state index is 4.71. The van der Waals surface area contributed by atoms with Crippen LogP contribution < -0.4 is 0 Å². The topological polar surface area (TPSA) is 67.2 Å². The van der Waals surface area contributed by atoms with Gasteiger partial charge in [-0.2, -0.15) is 0 Å². The Kier molecular flexibility index (Phi) is 3.72. The minimum absolute atomic E-state index is 0.583. The zero-order chi connectivity index (χ0) is 10.6. The molecule has 6 nitrogen and oxygen atoms in total. The molecule has 0 unspecified atom stereocenters. The highest BCUT2D eigenvalue weighted by Gasteiger charge is 1.78. The molecule has 0 saturated heterocycles. The van der Waals surface area contributed by atoms with Gasteiger partial charge in [0.2, 0.25) is 9.54 Å². The Balaban J connectivity index is 0.000000140. The summed E-state index contributed by atoms with van der Waals surface area (Å²) in [4.78, 5) is 7.48. The molecular formula is C6H10N6S2. The molecule has 2 N–H and O–H groups in total. The molecule has 0 radical (unpaired) electrons. The van der Waals surface area contributed by atoms with E-state index in [9.17, 15) is 0 Å². The lowest BCUT2D eigenvalue weighted by Gasteiger charge is -1.80. The molecule has 0 aromatic carbocycles. The monoisotopic (exact) mass is 230 g/mol. The summed E-state index contributed by atoms with van der Waals surface area (Å²) >= 11 is 9.41. The molecule has 0 fully saturated rings. The van der Waals surface area contributed by atoms with Crippen molar-refractivity contribution in [1.82, 2.24) is 29.5 Å². The largest absolute Gasteiger partial charge is 0.286 e. The van der Waals surface area contributed by atoms with Crippen LogP contribution in [0.4, 0.5) is 0 Å². The average Bonchev–Trinajstić information content (AvgIpc) is 2.67. The van der Waals surface area contributed by atoms with Gasteiger partial charge >= 0.3 is 0 Å². The molecule has 0 aliphatic heterocycles. The van der Waals surface area contributed by atoms with E-state index in [4.69, 9.17) is 24.4 Å². The molecule has 2 aromatic rings. The number of aryl methyl sites for hydroxylation is 2. The van der Waals surface area contributed by atoms with Crippen LogP contribution in [-0.2, 0) is 14.1 Å². The van der Waals surface area contributed by atoms with Gasteiger partial charge in [0.1, 0.15) is 12.7 Å². The van der Waals surface area contributed by atoms with Crippen LogP contribution in [0.1, 0.15) is 0 Å². The number of nitrogens with one attached hydrogen (secondary N) is 2. The summed E-state index contributed by atoms with van der Waals surface area (Å²) in [7, 11) is 3.63. The zero-order valence-corrected chi connectivity index (χ0v) is 9.39. The van der Waals surface area contributed by atoms with Crippen LogP contribution in [0.2, 0.25) is 0 Å². The molecular weight excluding hydrogens is 220 g/mol. The fraction of sp³-hybridized carbons (Fsp3) is 0.333. The van der Waals surface area contributed by atoms with E-state index in [1.807, 2.05) is 14.1 Å². The summed E-state index contributed by atoms with van der Waals surface area (Å²) in [5.74, 6) is 0. The van der Waals surface area contributed by atoms with Crippen LogP contribution in [-0.4, -0.2) is 29.5 Å². The third kappa shape index (κ3) is 2.89. The van der Waals surface area contributed by atoms with Gasteiger partial charge < -0.3 is 0 Å². The summed E-state index contributed by atoms with van der Waals surface area (Å²) in [6.07, 6.45) is 3.12. The van der Waals surface area contributed by atoms with E-state index >= 15 is 0 Å². The molecule has 8 heteroatoms. The van der Waals surface area contributed by atoms with Gasteiger partial charge in [0.25, 0.3) is 0 Å². The lowest BCUT2D eigenvalue weighted by atomic mass is 11.2. The molecule has 2 heterocycles. The van der Waals surface area contributed by atoms with Crippen molar-refractivity contribution in [1.29, 1.82) is 0 Å². The van der Waals surface area contributed by atoms with Crippen LogP contribution in [0.25, 0.3) is 0 Å².